The van der Waals surface area contributed by atoms with Crippen molar-refractivity contribution in [3.63, 3.8) is 0 Å². The van der Waals surface area contributed by atoms with E-state index in [-0.39, 0.29) is 11.9 Å². The van der Waals surface area contributed by atoms with E-state index < -0.39 is 0 Å². The molecule has 0 aromatic heterocycles. The molecule has 146 valence electrons. The molecule has 0 radical (unpaired) electrons. The van der Waals surface area contributed by atoms with E-state index >= 15 is 0 Å². The van der Waals surface area contributed by atoms with Crippen LogP contribution in [0.4, 0.5) is 16.2 Å². The van der Waals surface area contributed by atoms with E-state index in [1.807, 2.05) is 46.2 Å². The van der Waals surface area contributed by atoms with Crippen LogP contribution in [-0.4, -0.2) is 61.0 Å². The van der Waals surface area contributed by atoms with Crippen LogP contribution in [-0.2, 0) is 0 Å². The van der Waals surface area contributed by atoms with Gasteiger partial charge in [0.1, 0.15) is 0 Å². The summed E-state index contributed by atoms with van der Waals surface area (Å²) in [6.07, 6.45) is 2.13. The summed E-state index contributed by atoms with van der Waals surface area (Å²) < 4.78 is 0. The van der Waals surface area contributed by atoms with Gasteiger partial charge in [-0.2, -0.15) is 0 Å². The molecule has 6 heteroatoms. The number of amides is 3. The highest BCUT2D eigenvalue weighted by molar-refractivity contribution is 5.97. The van der Waals surface area contributed by atoms with E-state index in [1.54, 1.807) is 6.07 Å². The molecule has 0 unspecified atom stereocenters. The molecule has 0 bridgehead atoms. The average molecular weight is 378 g/mol. The minimum absolute atomic E-state index is 0.0464. The maximum Gasteiger partial charge on any atom is 0.321 e. The van der Waals surface area contributed by atoms with Crippen LogP contribution in [0.1, 0.15) is 23.2 Å². The van der Waals surface area contributed by atoms with Gasteiger partial charge in [-0.05, 0) is 43.2 Å². The van der Waals surface area contributed by atoms with Crippen LogP contribution in [0.15, 0.2) is 54.6 Å². The zero-order valence-electron chi connectivity index (χ0n) is 16.0. The Balaban J connectivity index is 1.34. The Morgan fingerprint density at radius 3 is 2.18 bits per heavy atom. The van der Waals surface area contributed by atoms with Crippen LogP contribution in [0.2, 0.25) is 0 Å². The fourth-order valence-electron chi connectivity index (χ4n) is 3.84. The molecule has 0 saturated carbocycles. The number of likely N-dealkylation sites (tertiary alicyclic amines) is 1. The molecule has 3 amide bonds. The molecule has 0 atom stereocenters. The molecule has 2 heterocycles. The van der Waals surface area contributed by atoms with Crippen LogP contribution in [0.3, 0.4) is 0 Å². The van der Waals surface area contributed by atoms with Crippen molar-refractivity contribution in [3.05, 3.63) is 60.2 Å². The van der Waals surface area contributed by atoms with Gasteiger partial charge in [-0.1, -0.05) is 24.3 Å². The molecule has 0 spiro atoms. The molecular weight excluding hydrogens is 352 g/mol. The van der Waals surface area contributed by atoms with Crippen molar-refractivity contribution in [2.75, 3.05) is 49.5 Å². The molecular formula is C22H26N4O2. The van der Waals surface area contributed by atoms with Gasteiger partial charge in [-0.3, -0.25) is 4.79 Å². The normalized spacial score (nSPS) is 16.9. The smallest absolute Gasteiger partial charge is 0.321 e. The number of nitrogens with zero attached hydrogens (tertiary/aromatic N) is 3. The van der Waals surface area contributed by atoms with Crippen molar-refractivity contribution in [3.8, 4) is 0 Å². The third kappa shape index (κ3) is 4.11. The summed E-state index contributed by atoms with van der Waals surface area (Å²) in [5, 5.41) is 2.95. The molecule has 4 rings (SSSR count). The molecule has 2 saturated heterocycles. The van der Waals surface area contributed by atoms with Crippen molar-refractivity contribution < 1.29 is 9.59 Å². The van der Waals surface area contributed by atoms with Gasteiger partial charge in [-0.25, -0.2) is 4.79 Å². The number of nitrogens with one attached hydrogen (secondary N) is 1. The first kappa shape index (κ1) is 18.3. The highest BCUT2D eigenvalue weighted by Crippen LogP contribution is 2.18. The van der Waals surface area contributed by atoms with Gasteiger partial charge < -0.3 is 20.0 Å². The van der Waals surface area contributed by atoms with Gasteiger partial charge in [0.15, 0.2) is 0 Å². The molecule has 1 N–H and O–H groups in total. The van der Waals surface area contributed by atoms with E-state index in [4.69, 9.17) is 0 Å². The standard InChI is InChI=1S/C22H26N4O2/c27-21(25-11-4-5-12-25)18-7-6-8-19(17-18)23-22(28)26-15-13-24(14-16-26)20-9-2-1-3-10-20/h1-3,6-10,17H,4-5,11-16H2,(H,23,28). The average Bonchev–Trinajstić information content (AvgIpc) is 3.29. The lowest BCUT2D eigenvalue weighted by Crippen LogP contribution is -2.50. The summed E-state index contributed by atoms with van der Waals surface area (Å²) in [4.78, 5) is 31.2. The lowest BCUT2D eigenvalue weighted by molar-refractivity contribution is 0.0793. The van der Waals surface area contributed by atoms with Gasteiger partial charge in [0.05, 0.1) is 0 Å². The van der Waals surface area contributed by atoms with Crippen LogP contribution >= 0.6 is 0 Å². The lowest BCUT2D eigenvalue weighted by Gasteiger charge is -2.36. The number of urea groups is 1. The van der Waals surface area contributed by atoms with E-state index in [9.17, 15) is 9.59 Å². The maximum absolute atomic E-state index is 12.6. The first-order valence-electron chi connectivity index (χ1n) is 9.96. The minimum atomic E-state index is -0.113. The van der Waals surface area contributed by atoms with Gasteiger partial charge >= 0.3 is 6.03 Å². The second-order valence-corrected chi connectivity index (χ2v) is 7.32. The van der Waals surface area contributed by atoms with Gasteiger partial charge in [0.2, 0.25) is 0 Å². The minimum Gasteiger partial charge on any atom is -0.368 e. The zero-order chi connectivity index (χ0) is 19.3. The van der Waals surface area contributed by atoms with Crippen molar-refractivity contribution >= 4 is 23.3 Å². The second kappa shape index (κ2) is 8.33. The van der Waals surface area contributed by atoms with Crippen LogP contribution < -0.4 is 10.2 Å². The number of rotatable bonds is 3. The lowest BCUT2D eigenvalue weighted by atomic mass is 10.1. The fourth-order valence-corrected chi connectivity index (χ4v) is 3.84. The number of carbonyl (C=O) groups is 2. The van der Waals surface area contributed by atoms with Crippen molar-refractivity contribution in [2.24, 2.45) is 0 Å². The van der Waals surface area contributed by atoms with Gasteiger partial charge in [0.25, 0.3) is 5.91 Å². The highest BCUT2D eigenvalue weighted by atomic mass is 16.2. The molecule has 2 aliphatic heterocycles. The molecule has 2 fully saturated rings. The van der Waals surface area contributed by atoms with E-state index in [1.165, 1.54) is 5.69 Å². The Morgan fingerprint density at radius 2 is 1.46 bits per heavy atom. The fraction of sp³-hybridized carbons (Fsp3) is 0.364. The summed E-state index contributed by atoms with van der Waals surface area (Å²) >= 11 is 0. The zero-order valence-corrected chi connectivity index (χ0v) is 16.0. The molecule has 2 aliphatic rings. The van der Waals surface area contributed by atoms with E-state index in [0.29, 0.717) is 24.3 Å². The number of benzene rings is 2. The quantitative estimate of drug-likeness (QED) is 0.892. The van der Waals surface area contributed by atoms with Crippen molar-refractivity contribution in [1.29, 1.82) is 0 Å². The molecule has 2 aromatic rings. The Morgan fingerprint density at radius 1 is 0.750 bits per heavy atom. The largest absolute Gasteiger partial charge is 0.368 e. The van der Waals surface area contributed by atoms with E-state index in [2.05, 4.69) is 22.3 Å². The predicted molar refractivity (Wildman–Crippen MR) is 111 cm³/mol. The molecule has 2 aromatic carbocycles. The van der Waals surface area contributed by atoms with E-state index in [0.717, 1.165) is 39.0 Å². The number of hydrogen-bond acceptors (Lipinski definition) is 3. The SMILES string of the molecule is O=C(Nc1cccc(C(=O)N2CCCC2)c1)N1CCN(c2ccccc2)CC1. The van der Waals surface area contributed by atoms with Crippen molar-refractivity contribution in [1.82, 2.24) is 9.80 Å². The summed E-state index contributed by atoms with van der Waals surface area (Å²) in [7, 11) is 0. The molecule has 0 aliphatic carbocycles. The van der Waals surface area contributed by atoms with Crippen LogP contribution in [0, 0.1) is 0 Å². The number of anilines is 2. The maximum atomic E-state index is 12.6. The third-order valence-corrected chi connectivity index (χ3v) is 5.44. The van der Waals surface area contributed by atoms with Crippen LogP contribution in [0.25, 0.3) is 0 Å². The summed E-state index contributed by atoms with van der Waals surface area (Å²) in [5.41, 5.74) is 2.49. The number of carbonyl (C=O) groups excluding carboxylic acids is 2. The first-order valence-corrected chi connectivity index (χ1v) is 9.96. The number of piperazine rings is 1. The van der Waals surface area contributed by atoms with Crippen LogP contribution in [0.5, 0.6) is 0 Å². The highest BCUT2D eigenvalue weighted by Gasteiger charge is 2.22. The molecule has 6 nitrogen and oxygen atoms in total. The number of para-hydroxylation sites is 1. The summed E-state index contributed by atoms with van der Waals surface area (Å²) in [6.45, 7) is 4.61. The Bertz CT molecular complexity index is 825. The van der Waals surface area contributed by atoms with Gasteiger partial charge in [0, 0.05) is 56.2 Å². The Kier molecular flexibility index (Phi) is 5.46. The first-order chi connectivity index (χ1) is 13.7. The van der Waals surface area contributed by atoms with Gasteiger partial charge in [-0.15, -0.1) is 0 Å². The summed E-state index contributed by atoms with van der Waals surface area (Å²) in [6, 6.07) is 17.4. The molecule has 28 heavy (non-hydrogen) atoms. The third-order valence-electron chi connectivity index (χ3n) is 5.44. The Labute approximate surface area is 165 Å². The topological polar surface area (TPSA) is 55.9 Å². The second-order valence-electron chi connectivity index (χ2n) is 7.32. The van der Waals surface area contributed by atoms with Crippen molar-refractivity contribution in [2.45, 2.75) is 12.8 Å². The number of hydrogen-bond donors (Lipinski definition) is 1. The summed E-state index contributed by atoms with van der Waals surface area (Å²) in [5.74, 6) is 0.0464. The Hall–Kier alpha value is -3.02. The predicted octanol–water partition coefficient (Wildman–Crippen LogP) is 3.28. The monoisotopic (exact) mass is 378 g/mol.